The number of hydrogen-bond donors (Lipinski definition) is 1. The van der Waals surface area contributed by atoms with Crippen LogP contribution in [-0.2, 0) is 11.2 Å². The van der Waals surface area contributed by atoms with Gasteiger partial charge in [-0.1, -0.05) is 32.9 Å². The van der Waals surface area contributed by atoms with Crippen LogP contribution in [0.1, 0.15) is 44.2 Å². The summed E-state index contributed by atoms with van der Waals surface area (Å²) in [5, 5.41) is 2.93. The highest BCUT2D eigenvalue weighted by Crippen LogP contribution is 2.22. The van der Waals surface area contributed by atoms with Crippen molar-refractivity contribution in [2.45, 2.75) is 39.5 Å². The molecule has 2 aromatic carbocycles. The molecule has 1 N–H and O–H groups in total. The summed E-state index contributed by atoms with van der Waals surface area (Å²) in [6, 6.07) is 14.0. The van der Waals surface area contributed by atoms with Crippen molar-refractivity contribution in [1.29, 1.82) is 0 Å². The van der Waals surface area contributed by atoms with E-state index in [-0.39, 0.29) is 12.5 Å². The second-order valence-electron chi connectivity index (χ2n) is 5.87. The minimum atomic E-state index is -0.142. The third-order valence-electron chi connectivity index (χ3n) is 4.15. The monoisotopic (exact) mass is 437 g/mol. The van der Waals surface area contributed by atoms with E-state index >= 15 is 0 Å². The van der Waals surface area contributed by atoms with Gasteiger partial charge in [0.2, 0.25) is 0 Å². The van der Waals surface area contributed by atoms with Gasteiger partial charge in [-0.3, -0.25) is 4.79 Å². The number of halogens is 1. The van der Waals surface area contributed by atoms with E-state index in [4.69, 9.17) is 4.74 Å². The quantitative estimate of drug-likeness (QED) is 0.591. The van der Waals surface area contributed by atoms with Gasteiger partial charge in [0.25, 0.3) is 5.91 Å². The molecule has 1 unspecified atom stereocenters. The summed E-state index contributed by atoms with van der Waals surface area (Å²) in [5.74, 6) is 1.11. The standard InChI is InChI=1S/C20H24INO2/c1-4-14(3)16-6-9-18(10-7-16)24-13-20(23)22-19-11-8-17(21)12-15(19)5-2/h6-12,14H,4-5,13H2,1-3H3,(H,22,23). The smallest absolute Gasteiger partial charge is 0.262 e. The van der Waals surface area contributed by atoms with E-state index in [0.717, 1.165) is 29.8 Å². The van der Waals surface area contributed by atoms with Crippen molar-refractivity contribution in [3.8, 4) is 5.75 Å². The molecule has 0 saturated heterocycles. The molecule has 0 radical (unpaired) electrons. The van der Waals surface area contributed by atoms with Gasteiger partial charge in [-0.05, 0) is 82.8 Å². The molecule has 0 saturated carbocycles. The predicted molar refractivity (Wildman–Crippen MR) is 108 cm³/mol. The summed E-state index contributed by atoms with van der Waals surface area (Å²) in [6.45, 7) is 6.47. The fourth-order valence-corrected chi connectivity index (χ4v) is 3.00. The van der Waals surface area contributed by atoms with Gasteiger partial charge in [-0.2, -0.15) is 0 Å². The van der Waals surface area contributed by atoms with Gasteiger partial charge < -0.3 is 10.1 Å². The molecule has 0 spiro atoms. The molecule has 0 aliphatic heterocycles. The molecular weight excluding hydrogens is 413 g/mol. The largest absolute Gasteiger partial charge is 0.484 e. The van der Waals surface area contributed by atoms with Crippen LogP contribution < -0.4 is 10.1 Å². The lowest BCUT2D eigenvalue weighted by atomic mass is 9.99. The summed E-state index contributed by atoms with van der Waals surface area (Å²) in [4.78, 5) is 12.1. The topological polar surface area (TPSA) is 38.3 Å². The SMILES string of the molecule is CCc1cc(I)ccc1NC(=O)COc1ccc(C(C)CC)cc1. The molecule has 1 atom stereocenters. The number of carbonyl (C=O) groups is 1. The molecule has 0 aliphatic carbocycles. The highest BCUT2D eigenvalue weighted by molar-refractivity contribution is 14.1. The van der Waals surface area contributed by atoms with Crippen LogP contribution in [0.4, 0.5) is 5.69 Å². The molecule has 1 amide bonds. The lowest BCUT2D eigenvalue weighted by Crippen LogP contribution is -2.21. The number of ether oxygens (including phenoxy) is 1. The van der Waals surface area contributed by atoms with E-state index in [1.165, 1.54) is 9.13 Å². The summed E-state index contributed by atoms with van der Waals surface area (Å²) in [5.41, 5.74) is 3.28. The van der Waals surface area contributed by atoms with Crippen molar-refractivity contribution in [3.05, 3.63) is 57.2 Å². The van der Waals surface area contributed by atoms with Gasteiger partial charge in [0.15, 0.2) is 6.61 Å². The first kappa shape index (κ1) is 18.8. The van der Waals surface area contributed by atoms with Crippen LogP contribution in [0.15, 0.2) is 42.5 Å². The Morgan fingerprint density at radius 2 is 1.88 bits per heavy atom. The van der Waals surface area contributed by atoms with E-state index in [1.54, 1.807) is 0 Å². The van der Waals surface area contributed by atoms with Crippen LogP contribution in [0.2, 0.25) is 0 Å². The maximum Gasteiger partial charge on any atom is 0.262 e. The van der Waals surface area contributed by atoms with Crippen LogP contribution in [0, 0.1) is 3.57 Å². The van der Waals surface area contributed by atoms with E-state index in [0.29, 0.717) is 5.92 Å². The van der Waals surface area contributed by atoms with E-state index in [1.807, 2.05) is 24.3 Å². The van der Waals surface area contributed by atoms with Gasteiger partial charge in [-0.25, -0.2) is 0 Å². The lowest BCUT2D eigenvalue weighted by Gasteiger charge is -2.12. The van der Waals surface area contributed by atoms with Gasteiger partial charge >= 0.3 is 0 Å². The zero-order chi connectivity index (χ0) is 17.5. The maximum atomic E-state index is 12.1. The Labute approximate surface area is 157 Å². The fraction of sp³-hybridized carbons (Fsp3) is 0.350. The summed E-state index contributed by atoms with van der Waals surface area (Å²) in [7, 11) is 0. The minimum absolute atomic E-state index is 0.0117. The van der Waals surface area contributed by atoms with Gasteiger partial charge in [0.1, 0.15) is 5.75 Å². The number of anilines is 1. The van der Waals surface area contributed by atoms with Crippen molar-refractivity contribution in [2.24, 2.45) is 0 Å². The molecule has 2 rings (SSSR count). The first-order valence-corrected chi connectivity index (χ1v) is 9.42. The van der Waals surface area contributed by atoms with Crippen LogP contribution in [0.25, 0.3) is 0 Å². The average Bonchev–Trinajstić information content (AvgIpc) is 2.61. The van der Waals surface area contributed by atoms with Gasteiger partial charge in [-0.15, -0.1) is 0 Å². The Hall–Kier alpha value is -1.56. The van der Waals surface area contributed by atoms with E-state index < -0.39 is 0 Å². The summed E-state index contributed by atoms with van der Waals surface area (Å²) in [6.07, 6.45) is 1.99. The molecule has 0 aliphatic rings. The summed E-state index contributed by atoms with van der Waals surface area (Å²) < 4.78 is 6.76. The first-order valence-electron chi connectivity index (χ1n) is 8.34. The molecular formula is C20H24INO2. The zero-order valence-electron chi connectivity index (χ0n) is 14.4. The zero-order valence-corrected chi connectivity index (χ0v) is 16.6. The van der Waals surface area contributed by atoms with Crippen LogP contribution >= 0.6 is 22.6 Å². The molecule has 4 heteroatoms. The molecule has 3 nitrogen and oxygen atoms in total. The van der Waals surface area contributed by atoms with Gasteiger partial charge in [0.05, 0.1) is 0 Å². The lowest BCUT2D eigenvalue weighted by molar-refractivity contribution is -0.118. The average molecular weight is 437 g/mol. The predicted octanol–water partition coefficient (Wildman–Crippen LogP) is 5.38. The number of amides is 1. The highest BCUT2D eigenvalue weighted by atomic mass is 127. The number of hydrogen-bond acceptors (Lipinski definition) is 2. The molecule has 2 aromatic rings. The van der Waals surface area contributed by atoms with E-state index in [2.05, 4.69) is 66.9 Å². The van der Waals surface area contributed by atoms with Crippen molar-refractivity contribution in [1.82, 2.24) is 0 Å². The Kier molecular flexibility index (Phi) is 7.09. The number of rotatable bonds is 7. The molecule has 0 bridgehead atoms. The van der Waals surface area contributed by atoms with Crippen LogP contribution in [0.3, 0.4) is 0 Å². The first-order chi connectivity index (χ1) is 11.5. The number of carbonyl (C=O) groups excluding carboxylic acids is 1. The van der Waals surface area contributed by atoms with Crippen LogP contribution in [0.5, 0.6) is 5.75 Å². The Bertz CT molecular complexity index is 683. The van der Waals surface area contributed by atoms with Gasteiger partial charge in [0, 0.05) is 9.26 Å². The second kappa shape index (κ2) is 9.06. The Morgan fingerprint density at radius 3 is 2.50 bits per heavy atom. The second-order valence-corrected chi connectivity index (χ2v) is 7.12. The fourth-order valence-electron chi connectivity index (χ4n) is 2.44. The van der Waals surface area contributed by atoms with E-state index in [9.17, 15) is 4.79 Å². The Balaban J connectivity index is 1.91. The third-order valence-corrected chi connectivity index (χ3v) is 4.82. The van der Waals surface area contributed by atoms with Crippen molar-refractivity contribution < 1.29 is 9.53 Å². The molecule has 128 valence electrons. The molecule has 24 heavy (non-hydrogen) atoms. The number of nitrogens with one attached hydrogen (secondary N) is 1. The minimum Gasteiger partial charge on any atom is -0.484 e. The normalized spacial score (nSPS) is 11.8. The number of benzene rings is 2. The van der Waals surface area contributed by atoms with Crippen molar-refractivity contribution in [3.63, 3.8) is 0 Å². The molecule has 0 fully saturated rings. The Morgan fingerprint density at radius 1 is 1.17 bits per heavy atom. The number of aryl methyl sites for hydroxylation is 1. The molecule has 0 heterocycles. The maximum absolute atomic E-state index is 12.1. The van der Waals surface area contributed by atoms with Crippen molar-refractivity contribution >= 4 is 34.2 Å². The van der Waals surface area contributed by atoms with Crippen LogP contribution in [-0.4, -0.2) is 12.5 Å². The summed E-state index contributed by atoms with van der Waals surface area (Å²) >= 11 is 2.28. The van der Waals surface area contributed by atoms with Crippen molar-refractivity contribution in [2.75, 3.05) is 11.9 Å². The highest BCUT2D eigenvalue weighted by Gasteiger charge is 2.08. The molecule has 0 aromatic heterocycles. The third kappa shape index (κ3) is 5.23.